The Balaban J connectivity index is 0.00000392. The van der Waals surface area contributed by atoms with E-state index in [1.807, 2.05) is 30.3 Å². The summed E-state index contributed by atoms with van der Waals surface area (Å²) in [5.41, 5.74) is 13.3. The van der Waals surface area contributed by atoms with Gasteiger partial charge in [-0.1, -0.05) is 49.4 Å². The van der Waals surface area contributed by atoms with Gasteiger partial charge in [0.1, 0.15) is 0 Å². The number of halogens is 1. The highest BCUT2D eigenvalue weighted by molar-refractivity contribution is 5.96. The first kappa shape index (κ1) is 23.1. The van der Waals surface area contributed by atoms with E-state index in [-0.39, 0.29) is 42.7 Å². The molecule has 2 rings (SSSR count). The summed E-state index contributed by atoms with van der Waals surface area (Å²) in [5.74, 6) is -1.52. The number of amides is 3. The van der Waals surface area contributed by atoms with E-state index < -0.39 is 5.91 Å². The molecule has 7 nitrogen and oxygen atoms in total. The highest BCUT2D eigenvalue weighted by Crippen LogP contribution is 2.19. The van der Waals surface area contributed by atoms with Gasteiger partial charge in [-0.2, -0.15) is 0 Å². The lowest BCUT2D eigenvalue weighted by Gasteiger charge is -2.20. The molecule has 0 radical (unpaired) electrons. The van der Waals surface area contributed by atoms with E-state index in [0.717, 1.165) is 11.1 Å². The van der Waals surface area contributed by atoms with Crippen LogP contribution >= 0.6 is 12.4 Å². The highest BCUT2D eigenvalue weighted by atomic mass is 35.5. The van der Waals surface area contributed by atoms with Crippen molar-refractivity contribution in [3.63, 3.8) is 0 Å². The number of hydrogen-bond donors (Lipinski definition) is 4. The van der Waals surface area contributed by atoms with Crippen molar-refractivity contribution in [2.75, 3.05) is 6.54 Å². The molecule has 0 spiro atoms. The topological polar surface area (TPSA) is 127 Å². The number of rotatable bonds is 8. The average Bonchev–Trinajstić information content (AvgIpc) is 2.70. The van der Waals surface area contributed by atoms with Crippen molar-refractivity contribution in [2.45, 2.75) is 19.5 Å². The van der Waals surface area contributed by atoms with Gasteiger partial charge in [-0.15, -0.1) is 12.4 Å². The number of hydrogen-bond acceptors (Lipinski definition) is 4. The molecule has 28 heavy (non-hydrogen) atoms. The Kier molecular flexibility index (Phi) is 9.14. The Morgan fingerprint density at radius 1 is 0.964 bits per heavy atom. The SMILES string of the molecule is CC(C(=O)NCc1ccc(C(=O)NCC(N)=O)cc1)C(N)c1ccccc1.Cl. The molecule has 0 saturated heterocycles. The standard InChI is InChI=1S/C20H24N4O3.ClH/c1-13(18(22)15-5-3-2-4-6-15)19(26)23-11-14-7-9-16(10-8-14)20(27)24-12-17(21)25;/h2-10,13,18H,11-12,22H2,1H3,(H2,21,25)(H,23,26)(H,24,27);1H. The van der Waals surface area contributed by atoms with E-state index in [0.29, 0.717) is 12.1 Å². The smallest absolute Gasteiger partial charge is 0.251 e. The van der Waals surface area contributed by atoms with E-state index in [1.165, 1.54) is 0 Å². The normalized spacial score (nSPS) is 12.2. The third-order valence-corrected chi connectivity index (χ3v) is 4.24. The fourth-order valence-corrected chi connectivity index (χ4v) is 2.52. The summed E-state index contributed by atoms with van der Waals surface area (Å²) in [6.07, 6.45) is 0. The second-order valence-electron chi connectivity index (χ2n) is 6.29. The lowest BCUT2D eigenvalue weighted by molar-refractivity contribution is -0.125. The van der Waals surface area contributed by atoms with Crippen molar-refractivity contribution in [3.05, 3.63) is 71.3 Å². The van der Waals surface area contributed by atoms with Crippen molar-refractivity contribution in [2.24, 2.45) is 17.4 Å². The maximum atomic E-state index is 12.4. The molecule has 2 aromatic rings. The number of carbonyl (C=O) groups excluding carboxylic acids is 3. The van der Waals surface area contributed by atoms with E-state index in [1.54, 1.807) is 31.2 Å². The molecule has 0 aromatic heterocycles. The van der Waals surface area contributed by atoms with Crippen LogP contribution in [0.25, 0.3) is 0 Å². The summed E-state index contributed by atoms with van der Waals surface area (Å²) in [4.78, 5) is 34.9. The third kappa shape index (κ3) is 6.68. The van der Waals surface area contributed by atoms with Gasteiger partial charge >= 0.3 is 0 Å². The Labute approximate surface area is 170 Å². The van der Waals surface area contributed by atoms with Gasteiger partial charge in [0.2, 0.25) is 11.8 Å². The van der Waals surface area contributed by atoms with Gasteiger partial charge in [0.15, 0.2) is 0 Å². The first-order valence-corrected chi connectivity index (χ1v) is 8.62. The van der Waals surface area contributed by atoms with Gasteiger partial charge in [-0.05, 0) is 23.3 Å². The minimum atomic E-state index is -0.606. The number of nitrogens with two attached hydrogens (primary N) is 2. The first-order valence-electron chi connectivity index (χ1n) is 8.62. The van der Waals surface area contributed by atoms with Crippen LogP contribution in [-0.2, 0) is 16.1 Å². The van der Waals surface area contributed by atoms with Crippen LogP contribution in [0.15, 0.2) is 54.6 Å². The quantitative estimate of drug-likeness (QED) is 0.528. The Hall–Kier alpha value is -2.90. The van der Waals surface area contributed by atoms with Crippen LogP contribution in [0.3, 0.4) is 0 Å². The molecule has 6 N–H and O–H groups in total. The third-order valence-electron chi connectivity index (χ3n) is 4.24. The predicted molar refractivity (Wildman–Crippen MR) is 110 cm³/mol. The van der Waals surface area contributed by atoms with Gasteiger partial charge in [0.05, 0.1) is 12.5 Å². The molecule has 0 bridgehead atoms. The molecule has 2 unspecified atom stereocenters. The van der Waals surface area contributed by atoms with E-state index in [2.05, 4.69) is 10.6 Å². The van der Waals surface area contributed by atoms with Crippen molar-refractivity contribution >= 4 is 30.1 Å². The molecule has 0 aliphatic heterocycles. The summed E-state index contributed by atoms with van der Waals surface area (Å²) in [6, 6.07) is 15.8. The van der Waals surface area contributed by atoms with Crippen LogP contribution in [-0.4, -0.2) is 24.3 Å². The number of nitrogens with one attached hydrogen (secondary N) is 2. The zero-order valence-electron chi connectivity index (χ0n) is 15.6. The van der Waals surface area contributed by atoms with E-state index >= 15 is 0 Å². The minimum Gasteiger partial charge on any atom is -0.368 e. The van der Waals surface area contributed by atoms with Crippen LogP contribution in [0.2, 0.25) is 0 Å². The van der Waals surface area contributed by atoms with Crippen LogP contribution in [0.5, 0.6) is 0 Å². The molecule has 0 aliphatic rings. The molecular weight excluding hydrogens is 380 g/mol. The molecule has 0 aliphatic carbocycles. The van der Waals surface area contributed by atoms with Gasteiger partial charge < -0.3 is 22.1 Å². The Bertz CT molecular complexity index is 797. The zero-order valence-corrected chi connectivity index (χ0v) is 16.4. The van der Waals surface area contributed by atoms with Crippen molar-refractivity contribution in [1.29, 1.82) is 0 Å². The van der Waals surface area contributed by atoms with Crippen LogP contribution in [0.4, 0.5) is 0 Å². The summed E-state index contributed by atoms with van der Waals surface area (Å²) in [6.45, 7) is 1.91. The Morgan fingerprint density at radius 2 is 1.57 bits per heavy atom. The molecule has 8 heteroatoms. The fourth-order valence-electron chi connectivity index (χ4n) is 2.52. The summed E-state index contributed by atoms with van der Waals surface area (Å²) < 4.78 is 0. The second-order valence-corrected chi connectivity index (χ2v) is 6.29. The molecular formula is C20H25ClN4O3. The summed E-state index contributed by atoms with van der Waals surface area (Å²) in [7, 11) is 0. The molecule has 2 aromatic carbocycles. The highest BCUT2D eigenvalue weighted by Gasteiger charge is 2.21. The summed E-state index contributed by atoms with van der Waals surface area (Å²) in [5, 5.41) is 5.27. The molecule has 150 valence electrons. The lowest BCUT2D eigenvalue weighted by Crippen LogP contribution is -2.35. The molecule has 0 fully saturated rings. The monoisotopic (exact) mass is 404 g/mol. The number of carbonyl (C=O) groups is 3. The average molecular weight is 405 g/mol. The lowest BCUT2D eigenvalue weighted by atomic mass is 9.94. The summed E-state index contributed by atoms with van der Waals surface area (Å²) >= 11 is 0. The predicted octanol–water partition coefficient (Wildman–Crippen LogP) is 1.28. The largest absolute Gasteiger partial charge is 0.368 e. The van der Waals surface area contributed by atoms with Crippen LogP contribution in [0, 0.1) is 5.92 Å². The first-order chi connectivity index (χ1) is 12.9. The van der Waals surface area contributed by atoms with Gasteiger partial charge in [0.25, 0.3) is 5.91 Å². The number of benzene rings is 2. The van der Waals surface area contributed by atoms with Gasteiger partial charge in [-0.3, -0.25) is 14.4 Å². The minimum absolute atomic E-state index is 0. The number of primary amides is 1. The fraction of sp³-hybridized carbons (Fsp3) is 0.250. The molecule has 3 amide bonds. The molecule has 2 atom stereocenters. The van der Waals surface area contributed by atoms with Gasteiger partial charge in [-0.25, -0.2) is 0 Å². The van der Waals surface area contributed by atoms with Crippen LogP contribution < -0.4 is 22.1 Å². The van der Waals surface area contributed by atoms with Crippen molar-refractivity contribution in [1.82, 2.24) is 10.6 Å². The van der Waals surface area contributed by atoms with Gasteiger partial charge in [0, 0.05) is 18.2 Å². The van der Waals surface area contributed by atoms with Crippen molar-refractivity contribution in [3.8, 4) is 0 Å². The maximum absolute atomic E-state index is 12.4. The van der Waals surface area contributed by atoms with E-state index in [4.69, 9.17) is 11.5 Å². The molecule has 0 saturated carbocycles. The maximum Gasteiger partial charge on any atom is 0.251 e. The molecule has 0 heterocycles. The van der Waals surface area contributed by atoms with E-state index in [9.17, 15) is 14.4 Å². The Morgan fingerprint density at radius 3 is 2.14 bits per heavy atom. The second kappa shape index (κ2) is 11.1. The van der Waals surface area contributed by atoms with Crippen molar-refractivity contribution < 1.29 is 14.4 Å². The zero-order chi connectivity index (χ0) is 19.8. The van der Waals surface area contributed by atoms with Crippen LogP contribution in [0.1, 0.15) is 34.5 Å².